The van der Waals surface area contributed by atoms with Crippen molar-refractivity contribution in [1.29, 1.82) is 0 Å². The predicted molar refractivity (Wildman–Crippen MR) is 66.0 cm³/mol. The Labute approximate surface area is 103 Å². The first-order valence-electron chi connectivity index (χ1n) is 4.68. The number of aliphatic hydroxyl groups is 1. The third-order valence-electron chi connectivity index (χ3n) is 2.07. The summed E-state index contributed by atoms with van der Waals surface area (Å²) >= 11 is 9.36. The molecule has 0 fully saturated rings. The largest absolute Gasteiger partial charge is 0.395 e. The van der Waals surface area contributed by atoms with Crippen LogP contribution < -0.4 is 11.1 Å². The maximum Gasteiger partial charge on any atom is 0.0556 e. The lowest BCUT2D eigenvalue weighted by Gasteiger charge is -2.18. The van der Waals surface area contributed by atoms with E-state index in [4.69, 9.17) is 22.4 Å². The van der Waals surface area contributed by atoms with Crippen LogP contribution in [0.3, 0.4) is 0 Å². The van der Waals surface area contributed by atoms with Crippen molar-refractivity contribution in [2.45, 2.75) is 6.04 Å². The summed E-state index contributed by atoms with van der Waals surface area (Å²) in [6.07, 6.45) is 0. The van der Waals surface area contributed by atoms with Crippen molar-refractivity contribution in [3.8, 4) is 0 Å². The fourth-order valence-corrected chi connectivity index (χ4v) is 2.04. The van der Waals surface area contributed by atoms with Gasteiger partial charge < -0.3 is 16.2 Å². The summed E-state index contributed by atoms with van der Waals surface area (Å²) in [5.74, 6) is 0. The lowest BCUT2D eigenvalue weighted by molar-refractivity contribution is 0.285. The summed E-state index contributed by atoms with van der Waals surface area (Å²) in [5.41, 5.74) is 6.67. The molecule has 0 amide bonds. The first kappa shape index (κ1) is 12.9. The normalized spacial score (nSPS) is 12.8. The molecule has 0 aliphatic heterocycles. The fourth-order valence-electron chi connectivity index (χ4n) is 1.34. The molecule has 0 spiro atoms. The molecule has 0 heterocycles. The van der Waals surface area contributed by atoms with Crippen LogP contribution in [0.4, 0.5) is 0 Å². The van der Waals surface area contributed by atoms with Gasteiger partial charge in [0.2, 0.25) is 0 Å². The van der Waals surface area contributed by atoms with Gasteiger partial charge in [-0.15, -0.1) is 0 Å². The lowest BCUT2D eigenvalue weighted by atomic mass is 10.1. The van der Waals surface area contributed by atoms with Crippen LogP contribution in [0.2, 0.25) is 5.02 Å². The van der Waals surface area contributed by atoms with Gasteiger partial charge in [0.1, 0.15) is 0 Å². The van der Waals surface area contributed by atoms with Gasteiger partial charge in [0.05, 0.1) is 6.61 Å². The van der Waals surface area contributed by atoms with Gasteiger partial charge >= 0.3 is 0 Å². The van der Waals surface area contributed by atoms with Crippen molar-refractivity contribution in [3.63, 3.8) is 0 Å². The van der Waals surface area contributed by atoms with Gasteiger partial charge in [-0.2, -0.15) is 0 Å². The number of benzene rings is 1. The van der Waals surface area contributed by atoms with E-state index in [0.717, 1.165) is 10.0 Å². The Bertz CT molecular complexity index is 322. The maximum atomic E-state index is 8.74. The van der Waals surface area contributed by atoms with Gasteiger partial charge in [-0.25, -0.2) is 0 Å². The molecule has 3 nitrogen and oxygen atoms in total. The van der Waals surface area contributed by atoms with Gasteiger partial charge in [-0.1, -0.05) is 27.5 Å². The van der Waals surface area contributed by atoms with Gasteiger partial charge in [0.25, 0.3) is 0 Å². The maximum absolute atomic E-state index is 8.74. The zero-order valence-electron chi connectivity index (χ0n) is 8.21. The molecule has 5 heteroatoms. The molecule has 1 aromatic carbocycles. The number of hydrogen-bond acceptors (Lipinski definition) is 3. The quantitative estimate of drug-likeness (QED) is 0.774. The van der Waals surface area contributed by atoms with Crippen LogP contribution >= 0.6 is 27.5 Å². The Balaban J connectivity index is 2.85. The lowest BCUT2D eigenvalue weighted by Crippen LogP contribution is -2.30. The molecular weight excluding hydrogens is 279 g/mol. The molecule has 1 unspecified atom stereocenters. The molecule has 0 radical (unpaired) electrons. The van der Waals surface area contributed by atoms with E-state index in [1.165, 1.54) is 0 Å². The average molecular weight is 294 g/mol. The summed E-state index contributed by atoms with van der Waals surface area (Å²) in [4.78, 5) is 0. The Morgan fingerprint density at radius 2 is 2.27 bits per heavy atom. The minimum Gasteiger partial charge on any atom is -0.395 e. The van der Waals surface area contributed by atoms with Gasteiger partial charge in [0, 0.05) is 28.6 Å². The van der Waals surface area contributed by atoms with Crippen molar-refractivity contribution in [2.24, 2.45) is 5.73 Å². The summed E-state index contributed by atoms with van der Waals surface area (Å²) in [6.45, 7) is 1.06. The predicted octanol–water partition coefficient (Wildman–Crippen LogP) is 1.68. The van der Waals surface area contributed by atoms with Gasteiger partial charge in [0.15, 0.2) is 0 Å². The fraction of sp³-hybridized carbons (Fsp3) is 0.400. The molecule has 0 aliphatic carbocycles. The number of rotatable bonds is 5. The van der Waals surface area contributed by atoms with Crippen LogP contribution in [0.15, 0.2) is 22.7 Å². The number of nitrogens with one attached hydrogen (secondary N) is 1. The van der Waals surface area contributed by atoms with E-state index in [-0.39, 0.29) is 12.6 Å². The summed E-state index contributed by atoms with van der Waals surface area (Å²) in [7, 11) is 0. The van der Waals surface area contributed by atoms with E-state index in [2.05, 4.69) is 21.2 Å². The summed E-state index contributed by atoms with van der Waals surface area (Å²) < 4.78 is 0.966. The van der Waals surface area contributed by atoms with E-state index in [9.17, 15) is 0 Å². The molecule has 15 heavy (non-hydrogen) atoms. The third-order valence-corrected chi connectivity index (χ3v) is 3.03. The summed E-state index contributed by atoms with van der Waals surface area (Å²) in [5, 5.41) is 12.6. The second kappa shape index (κ2) is 6.45. The van der Waals surface area contributed by atoms with Gasteiger partial charge in [-0.3, -0.25) is 0 Å². The Morgan fingerprint density at radius 1 is 1.53 bits per heavy atom. The number of nitrogens with two attached hydrogens (primary N) is 1. The van der Waals surface area contributed by atoms with Crippen molar-refractivity contribution >= 4 is 27.5 Å². The molecule has 0 aromatic heterocycles. The molecule has 84 valence electrons. The van der Waals surface area contributed by atoms with Crippen molar-refractivity contribution in [1.82, 2.24) is 5.32 Å². The van der Waals surface area contributed by atoms with E-state index in [0.29, 0.717) is 18.1 Å². The van der Waals surface area contributed by atoms with Crippen LogP contribution in [-0.4, -0.2) is 24.8 Å². The van der Waals surface area contributed by atoms with Crippen LogP contribution in [-0.2, 0) is 0 Å². The molecule has 0 aliphatic rings. The monoisotopic (exact) mass is 292 g/mol. The average Bonchev–Trinajstić information content (AvgIpc) is 2.24. The van der Waals surface area contributed by atoms with Crippen molar-refractivity contribution in [3.05, 3.63) is 33.3 Å². The molecule has 4 N–H and O–H groups in total. The first-order chi connectivity index (χ1) is 7.19. The smallest absolute Gasteiger partial charge is 0.0556 e. The minimum absolute atomic E-state index is 0.00484. The Kier molecular flexibility index (Phi) is 5.56. The molecule has 0 saturated heterocycles. The van der Waals surface area contributed by atoms with E-state index in [1.54, 1.807) is 0 Å². The highest BCUT2D eigenvalue weighted by Crippen LogP contribution is 2.26. The Morgan fingerprint density at radius 3 is 2.87 bits per heavy atom. The highest BCUT2D eigenvalue weighted by Gasteiger charge is 2.12. The van der Waals surface area contributed by atoms with Crippen molar-refractivity contribution < 1.29 is 5.11 Å². The van der Waals surface area contributed by atoms with E-state index < -0.39 is 0 Å². The number of halogens is 2. The van der Waals surface area contributed by atoms with Crippen LogP contribution in [0.5, 0.6) is 0 Å². The summed E-state index contributed by atoms with van der Waals surface area (Å²) in [6, 6.07) is 5.58. The third kappa shape index (κ3) is 3.74. The van der Waals surface area contributed by atoms with E-state index in [1.807, 2.05) is 18.2 Å². The van der Waals surface area contributed by atoms with Crippen molar-refractivity contribution in [2.75, 3.05) is 19.7 Å². The minimum atomic E-state index is 0.00484. The van der Waals surface area contributed by atoms with E-state index >= 15 is 0 Å². The molecule has 1 rings (SSSR count). The molecule has 1 atom stereocenters. The molecule has 1 aromatic rings. The second-order valence-electron chi connectivity index (χ2n) is 3.13. The van der Waals surface area contributed by atoms with Crippen LogP contribution in [0.1, 0.15) is 11.6 Å². The number of hydrogen-bond donors (Lipinski definition) is 3. The van der Waals surface area contributed by atoms with Crippen LogP contribution in [0.25, 0.3) is 0 Å². The zero-order valence-corrected chi connectivity index (χ0v) is 10.6. The Hall–Kier alpha value is -0.130. The van der Waals surface area contributed by atoms with Gasteiger partial charge in [-0.05, 0) is 23.8 Å². The topological polar surface area (TPSA) is 58.3 Å². The SMILES string of the molecule is NCC(NCCO)c1cc(Cl)ccc1Br. The highest BCUT2D eigenvalue weighted by atomic mass is 79.9. The molecule has 0 saturated carbocycles. The highest BCUT2D eigenvalue weighted by molar-refractivity contribution is 9.10. The second-order valence-corrected chi connectivity index (χ2v) is 4.42. The molecule has 0 bridgehead atoms. The first-order valence-corrected chi connectivity index (χ1v) is 5.85. The molecular formula is C10H14BrClN2O. The number of aliphatic hydroxyl groups excluding tert-OH is 1. The zero-order chi connectivity index (χ0) is 11.3. The standard InChI is InChI=1S/C10H14BrClN2O/c11-9-2-1-7(12)5-8(9)10(6-13)14-3-4-15/h1-2,5,10,14-15H,3-4,6,13H2. The van der Waals surface area contributed by atoms with Crippen LogP contribution in [0, 0.1) is 0 Å².